The molecule has 0 saturated heterocycles. The van der Waals surface area contributed by atoms with Crippen LogP contribution in [0, 0.1) is 17.6 Å². The standard InChI is InChI=1S/C13H14ClF2NO3S/c1-13(2,7-3-4-7)17-12(18)8-5-11(21(14,19)20)10(16)6-9(8)15/h5-7H,3-4H2,1-2H3,(H,17,18). The van der Waals surface area contributed by atoms with Crippen molar-refractivity contribution in [3.8, 4) is 0 Å². The summed E-state index contributed by atoms with van der Waals surface area (Å²) in [5, 5.41) is 2.63. The van der Waals surface area contributed by atoms with E-state index in [2.05, 4.69) is 5.32 Å². The number of hydrogen-bond acceptors (Lipinski definition) is 3. The highest BCUT2D eigenvalue weighted by Gasteiger charge is 2.39. The van der Waals surface area contributed by atoms with Gasteiger partial charge >= 0.3 is 0 Å². The number of rotatable bonds is 4. The van der Waals surface area contributed by atoms with Crippen molar-refractivity contribution in [2.24, 2.45) is 5.92 Å². The van der Waals surface area contributed by atoms with Crippen LogP contribution in [-0.2, 0) is 9.05 Å². The van der Waals surface area contributed by atoms with E-state index in [1.807, 2.05) is 0 Å². The van der Waals surface area contributed by atoms with Gasteiger partial charge in [-0.05, 0) is 38.7 Å². The van der Waals surface area contributed by atoms with Gasteiger partial charge in [0, 0.05) is 22.3 Å². The number of hydrogen-bond donors (Lipinski definition) is 1. The molecule has 0 radical (unpaired) electrons. The van der Waals surface area contributed by atoms with Crippen LogP contribution in [0.5, 0.6) is 0 Å². The molecule has 1 amide bonds. The number of carbonyl (C=O) groups is 1. The SMILES string of the molecule is CC(C)(NC(=O)c1cc(S(=O)(=O)Cl)c(F)cc1F)C1CC1. The van der Waals surface area contributed by atoms with E-state index in [1.165, 1.54) is 0 Å². The highest BCUT2D eigenvalue weighted by atomic mass is 35.7. The van der Waals surface area contributed by atoms with Crippen LogP contribution in [0.3, 0.4) is 0 Å². The molecule has 21 heavy (non-hydrogen) atoms. The van der Waals surface area contributed by atoms with Crippen molar-refractivity contribution in [1.29, 1.82) is 0 Å². The second-order valence-corrected chi connectivity index (χ2v) is 8.18. The van der Waals surface area contributed by atoms with E-state index in [0.717, 1.165) is 12.8 Å². The number of carbonyl (C=O) groups excluding carboxylic acids is 1. The minimum Gasteiger partial charge on any atom is -0.347 e. The molecule has 1 N–H and O–H groups in total. The third-order valence-electron chi connectivity index (χ3n) is 3.56. The maximum atomic E-state index is 13.7. The van der Waals surface area contributed by atoms with Crippen LogP contribution in [0.2, 0.25) is 0 Å². The van der Waals surface area contributed by atoms with Crippen molar-refractivity contribution in [3.05, 3.63) is 29.3 Å². The zero-order valence-corrected chi connectivity index (χ0v) is 13.0. The van der Waals surface area contributed by atoms with Gasteiger partial charge in [-0.2, -0.15) is 0 Å². The first-order valence-electron chi connectivity index (χ1n) is 6.28. The zero-order valence-electron chi connectivity index (χ0n) is 11.4. The van der Waals surface area contributed by atoms with Gasteiger partial charge in [0.1, 0.15) is 16.5 Å². The Hall–Kier alpha value is -1.21. The molecule has 1 aromatic carbocycles. The molecular formula is C13H14ClF2NO3S. The predicted octanol–water partition coefficient (Wildman–Crippen LogP) is 2.81. The van der Waals surface area contributed by atoms with Crippen LogP contribution >= 0.6 is 10.7 Å². The van der Waals surface area contributed by atoms with Crippen molar-refractivity contribution < 1.29 is 22.0 Å². The van der Waals surface area contributed by atoms with Gasteiger partial charge in [0.05, 0.1) is 5.56 Å². The summed E-state index contributed by atoms with van der Waals surface area (Å²) in [7, 11) is 0.661. The Morgan fingerprint density at radius 3 is 2.33 bits per heavy atom. The van der Waals surface area contributed by atoms with E-state index in [4.69, 9.17) is 10.7 Å². The van der Waals surface area contributed by atoms with E-state index in [1.54, 1.807) is 13.8 Å². The lowest BCUT2D eigenvalue weighted by Gasteiger charge is -2.26. The summed E-state index contributed by atoms with van der Waals surface area (Å²) in [4.78, 5) is 11.2. The molecule has 0 atom stereocenters. The molecule has 1 aliphatic carbocycles. The lowest BCUT2D eigenvalue weighted by atomic mass is 9.98. The van der Waals surface area contributed by atoms with Crippen molar-refractivity contribution in [3.63, 3.8) is 0 Å². The Morgan fingerprint density at radius 1 is 1.29 bits per heavy atom. The molecule has 0 spiro atoms. The molecule has 2 rings (SSSR count). The smallest absolute Gasteiger partial charge is 0.264 e. The summed E-state index contributed by atoms with van der Waals surface area (Å²) in [6.07, 6.45) is 1.92. The molecule has 0 heterocycles. The molecule has 0 aliphatic heterocycles. The molecule has 1 aliphatic rings. The molecule has 4 nitrogen and oxygen atoms in total. The minimum atomic E-state index is -4.40. The third kappa shape index (κ3) is 3.52. The summed E-state index contributed by atoms with van der Waals surface area (Å²) in [5.74, 6) is -2.98. The number of nitrogens with one attached hydrogen (secondary N) is 1. The average molecular weight is 338 g/mol. The second kappa shape index (κ2) is 5.21. The van der Waals surface area contributed by atoms with Gasteiger partial charge in [0.25, 0.3) is 15.0 Å². The van der Waals surface area contributed by atoms with E-state index < -0.39 is 42.6 Å². The normalized spacial score (nSPS) is 15.9. The molecule has 8 heteroatoms. The molecule has 116 valence electrons. The van der Waals surface area contributed by atoms with Gasteiger partial charge in [0.2, 0.25) is 0 Å². The third-order valence-corrected chi connectivity index (χ3v) is 4.90. The monoisotopic (exact) mass is 337 g/mol. The first-order chi connectivity index (χ1) is 9.52. The van der Waals surface area contributed by atoms with Crippen LogP contribution in [0.15, 0.2) is 17.0 Å². The fraction of sp³-hybridized carbons (Fsp3) is 0.462. The second-order valence-electron chi connectivity index (χ2n) is 5.65. The van der Waals surface area contributed by atoms with Crippen LogP contribution in [0.4, 0.5) is 8.78 Å². The summed E-state index contributed by atoms with van der Waals surface area (Å²) in [6.45, 7) is 3.59. The first-order valence-corrected chi connectivity index (χ1v) is 8.59. The van der Waals surface area contributed by atoms with Gasteiger partial charge < -0.3 is 5.32 Å². The Morgan fingerprint density at radius 2 is 1.86 bits per heavy atom. The van der Waals surface area contributed by atoms with Crippen LogP contribution in [0.25, 0.3) is 0 Å². The topological polar surface area (TPSA) is 63.2 Å². The van der Waals surface area contributed by atoms with Crippen molar-refractivity contribution in [1.82, 2.24) is 5.32 Å². The Bertz CT molecular complexity index is 700. The number of halogens is 3. The Kier molecular flexibility index (Phi) is 4.01. The highest BCUT2D eigenvalue weighted by Crippen LogP contribution is 2.39. The van der Waals surface area contributed by atoms with E-state index in [9.17, 15) is 22.0 Å². The molecule has 0 bridgehead atoms. The quantitative estimate of drug-likeness (QED) is 0.859. The summed E-state index contributed by atoms with van der Waals surface area (Å²) in [5.41, 5.74) is -1.10. The van der Waals surface area contributed by atoms with E-state index in [-0.39, 0.29) is 0 Å². The summed E-state index contributed by atoms with van der Waals surface area (Å²) < 4.78 is 49.6. The van der Waals surface area contributed by atoms with Gasteiger partial charge in [-0.1, -0.05) is 0 Å². The van der Waals surface area contributed by atoms with Gasteiger partial charge in [-0.3, -0.25) is 4.79 Å². The minimum absolute atomic E-state index is 0.293. The van der Waals surface area contributed by atoms with Crippen molar-refractivity contribution >= 4 is 25.6 Å². The highest BCUT2D eigenvalue weighted by molar-refractivity contribution is 8.13. The lowest BCUT2D eigenvalue weighted by Crippen LogP contribution is -2.45. The summed E-state index contributed by atoms with van der Waals surface area (Å²) >= 11 is 0. The zero-order chi connectivity index (χ0) is 16.0. The van der Waals surface area contributed by atoms with Gasteiger partial charge in [-0.25, -0.2) is 17.2 Å². The Balaban J connectivity index is 2.37. The van der Waals surface area contributed by atoms with Crippen LogP contribution in [0.1, 0.15) is 37.0 Å². The fourth-order valence-electron chi connectivity index (χ4n) is 2.16. The number of amides is 1. The summed E-state index contributed by atoms with van der Waals surface area (Å²) in [6, 6.07) is 0.958. The molecule has 1 aromatic rings. The van der Waals surface area contributed by atoms with Crippen LogP contribution in [-0.4, -0.2) is 19.9 Å². The van der Waals surface area contributed by atoms with Crippen molar-refractivity contribution in [2.75, 3.05) is 0 Å². The maximum absolute atomic E-state index is 13.7. The van der Waals surface area contributed by atoms with Gasteiger partial charge in [0.15, 0.2) is 0 Å². The van der Waals surface area contributed by atoms with E-state index in [0.29, 0.717) is 18.1 Å². The Labute approximate surface area is 125 Å². The van der Waals surface area contributed by atoms with Gasteiger partial charge in [-0.15, -0.1) is 0 Å². The largest absolute Gasteiger partial charge is 0.347 e. The van der Waals surface area contributed by atoms with E-state index >= 15 is 0 Å². The van der Waals surface area contributed by atoms with Crippen LogP contribution < -0.4 is 5.32 Å². The molecule has 0 aromatic heterocycles. The maximum Gasteiger partial charge on any atom is 0.264 e. The molecule has 1 saturated carbocycles. The number of benzene rings is 1. The van der Waals surface area contributed by atoms with Crippen molar-refractivity contribution in [2.45, 2.75) is 37.1 Å². The molecule has 0 unspecified atom stereocenters. The first kappa shape index (κ1) is 16.2. The predicted molar refractivity (Wildman–Crippen MR) is 73.7 cm³/mol. The average Bonchev–Trinajstić information content (AvgIpc) is 3.09. The molecule has 1 fully saturated rings. The lowest BCUT2D eigenvalue weighted by molar-refractivity contribution is 0.0899. The molecular weight excluding hydrogens is 324 g/mol. The fourth-order valence-corrected chi connectivity index (χ4v) is 3.06.